The Hall–Kier alpha value is -1.51. The number of carbonyl (C=O) groups excluding carboxylic acids is 1. The zero-order valence-electron chi connectivity index (χ0n) is 10.9. The average Bonchev–Trinajstić information content (AvgIpc) is 2.41. The molecule has 3 atom stereocenters. The summed E-state index contributed by atoms with van der Waals surface area (Å²) in [4.78, 5) is 13.6. The average molecular weight is 245 g/mol. The Morgan fingerprint density at radius 1 is 1.39 bits per heavy atom. The number of amides is 1. The van der Waals surface area contributed by atoms with Gasteiger partial charge in [0.2, 0.25) is 5.91 Å². The lowest BCUT2D eigenvalue weighted by molar-refractivity contribution is -0.131. The van der Waals surface area contributed by atoms with Crippen LogP contribution in [0.15, 0.2) is 35.8 Å². The maximum atomic E-state index is 11.8. The molecule has 0 N–H and O–H groups in total. The summed E-state index contributed by atoms with van der Waals surface area (Å²) in [7, 11) is 3.65. The van der Waals surface area contributed by atoms with Gasteiger partial charge < -0.3 is 9.64 Å². The van der Waals surface area contributed by atoms with E-state index in [1.807, 2.05) is 11.9 Å². The second kappa shape index (κ2) is 4.30. The molecule has 3 aliphatic rings. The van der Waals surface area contributed by atoms with Gasteiger partial charge in [-0.15, -0.1) is 0 Å². The Morgan fingerprint density at radius 3 is 3.00 bits per heavy atom. The number of hydrogen-bond acceptors (Lipinski definition) is 2. The number of rotatable bonds is 1. The SMILES string of the molecule is COC1=CC=CC2C1CC=C1[C@H]2CCC(=O)N1C. The summed E-state index contributed by atoms with van der Waals surface area (Å²) in [5, 5.41) is 0. The molecule has 2 unspecified atom stereocenters. The molecule has 0 radical (unpaired) electrons. The van der Waals surface area contributed by atoms with Crippen LogP contribution in [0.4, 0.5) is 0 Å². The molecule has 0 saturated carbocycles. The third-order valence-electron chi connectivity index (χ3n) is 4.52. The van der Waals surface area contributed by atoms with Gasteiger partial charge in [-0.25, -0.2) is 0 Å². The van der Waals surface area contributed by atoms with E-state index in [-0.39, 0.29) is 5.91 Å². The zero-order valence-corrected chi connectivity index (χ0v) is 10.9. The molecule has 0 aromatic rings. The van der Waals surface area contributed by atoms with E-state index in [2.05, 4.69) is 24.3 Å². The van der Waals surface area contributed by atoms with Crippen LogP contribution in [0, 0.1) is 17.8 Å². The summed E-state index contributed by atoms with van der Waals surface area (Å²) in [6.07, 6.45) is 11.3. The summed E-state index contributed by atoms with van der Waals surface area (Å²) < 4.78 is 5.49. The van der Waals surface area contributed by atoms with E-state index in [0.29, 0.717) is 24.2 Å². The normalized spacial score (nSPS) is 34.4. The van der Waals surface area contributed by atoms with Gasteiger partial charge in [-0.3, -0.25) is 4.79 Å². The van der Waals surface area contributed by atoms with Crippen molar-refractivity contribution in [1.29, 1.82) is 0 Å². The van der Waals surface area contributed by atoms with E-state index in [9.17, 15) is 4.79 Å². The van der Waals surface area contributed by atoms with Crippen molar-refractivity contribution in [3.05, 3.63) is 35.8 Å². The van der Waals surface area contributed by atoms with Crippen LogP contribution in [-0.4, -0.2) is 25.0 Å². The number of piperidine rings is 1. The van der Waals surface area contributed by atoms with E-state index in [0.717, 1.165) is 18.6 Å². The Bertz CT molecular complexity index is 461. The maximum absolute atomic E-state index is 11.8. The smallest absolute Gasteiger partial charge is 0.226 e. The highest BCUT2D eigenvalue weighted by Gasteiger charge is 2.41. The topological polar surface area (TPSA) is 29.5 Å². The van der Waals surface area contributed by atoms with Crippen molar-refractivity contribution in [2.75, 3.05) is 14.2 Å². The monoisotopic (exact) mass is 245 g/mol. The quantitative estimate of drug-likeness (QED) is 0.710. The second-order valence-corrected chi connectivity index (χ2v) is 5.30. The summed E-state index contributed by atoms with van der Waals surface area (Å²) >= 11 is 0. The molecule has 1 amide bonds. The minimum absolute atomic E-state index is 0.248. The highest BCUT2D eigenvalue weighted by atomic mass is 16.5. The minimum Gasteiger partial charge on any atom is -0.501 e. The molecule has 96 valence electrons. The fourth-order valence-corrected chi connectivity index (χ4v) is 3.55. The van der Waals surface area contributed by atoms with E-state index >= 15 is 0 Å². The minimum atomic E-state index is 0.248. The number of methoxy groups -OCH3 is 1. The number of likely N-dealkylation sites (tertiary alicyclic amines) is 1. The number of nitrogens with zero attached hydrogens (tertiary/aromatic N) is 1. The molecule has 3 heteroatoms. The standard InChI is InChI=1S/C15H19NO2/c1-16-13-8-6-12-10(4-3-5-14(12)18-2)11(13)7-9-15(16)17/h3-5,8,10-12H,6-7,9H2,1-2H3/t10?,11-,12?/m0/s1. The Labute approximate surface area is 108 Å². The van der Waals surface area contributed by atoms with Gasteiger partial charge >= 0.3 is 0 Å². The fourth-order valence-electron chi connectivity index (χ4n) is 3.55. The highest BCUT2D eigenvalue weighted by molar-refractivity contribution is 5.79. The lowest BCUT2D eigenvalue weighted by Crippen LogP contribution is -2.42. The molecule has 0 spiro atoms. The summed E-state index contributed by atoms with van der Waals surface area (Å²) in [6, 6.07) is 0. The van der Waals surface area contributed by atoms with E-state index in [4.69, 9.17) is 4.74 Å². The van der Waals surface area contributed by atoms with Gasteiger partial charge in [0.15, 0.2) is 0 Å². The van der Waals surface area contributed by atoms with Crippen LogP contribution < -0.4 is 0 Å². The second-order valence-electron chi connectivity index (χ2n) is 5.30. The van der Waals surface area contributed by atoms with Crippen molar-refractivity contribution in [3.8, 4) is 0 Å². The molecule has 1 saturated heterocycles. The third-order valence-corrected chi connectivity index (χ3v) is 4.52. The van der Waals surface area contributed by atoms with Gasteiger partial charge in [-0.1, -0.05) is 18.2 Å². The summed E-state index contributed by atoms with van der Waals surface area (Å²) in [5.74, 6) is 2.74. The molecule has 18 heavy (non-hydrogen) atoms. The summed E-state index contributed by atoms with van der Waals surface area (Å²) in [5.41, 5.74) is 1.22. The van der Waals surface area contributed by atoms with Gasteiger partial charge in [-0.05, 0) is 24.8 Å². The predicted molar refractivity (Wildman–Crippen MR) is 69.4 cm³/mol. The fraction of sp³-hybridized carbons (Fsp3) is 0.533. The van der Waals surface area contributed by atoms with Crippen molar-refractivity contribution in [2.24, 2.45) is 17.8 Å². The van der Waals surface area contributed by atoms with Gasteiger partial charge in [0.25, 0.3) is 0 Å². The molecule has 3 rings (SSSR count). The van der Waals surface area contributed by atoms with E-state index in [1.165, 1.54) is 5.70 Å². The molecule has 1 fully saturated rings. The first kappa shape index (κ1) is 11.6. The van der Waals surface area contributed by atoms with Gasteiger partial charge in [0.1, 0.15) is 0 Å². The van der Waals surface area contributed by atoms with Crippen LogP contribution in [0.2, 0.25) is 0 Å². The van der Waals surface area contributed by atoms with Crippen molar-refractivity contribution in [1.82, 2.24) is 4.90 Å². The lowest BCUT2D eigenvalue weighted by atomic mass is 9.68. The molecule has 0 aromatic heterocycles. The maximum Gasteiger partial charge on any atom is 0.226 e. The predicted octanol–water partition coefficient (Wildman–Crippen LogP) is 2.47. The number of allylic oxidation sites excluding steroid dienone is 6. The molecule has 1 aliphatic heterocycles. The molecule has 1 heterocycles. The number of hydrogen-bond donors (Lipinski definition) is 0. The summed E-state index contributed by atoms with van der Waals surface area (Å²) in [6.45, 7) is 0. The van der Waals surface area contributed by atoms with Crippen LogP contribution in [0.1, 0.15) is 19.3 Å². The first-order valence-electron chi connectivity index (χ1n) is 6.61. The zero-order chi connectivity index (χ0) is 12.7. The first-order chi connectivity index (χ1) is 8.72. The molecule has 0 bridgehead atoms. The van der Waals surface area contributed by atoms with Crippen molar-refractivity contribution < 1.29 is 9.53 Å². The van der Waals surface area contributed by atoms with Crippen LogP contribution in [0.25, 0.3) is 0 Å². The van der Waals surface area contributed by atoms with Crippen molar-refractivity contribution >= 4 is 5.91 Å². The Balaban J connectivity index is 1.94. The van der Waals surface area contributed by atoms with Crippen LogP contribution in [0.3, 0.4) is 0 Å². The molecular weight excluding hydrogens is 226 g/mol. The third kappa shape index (κ3) is 1.61. The molecule has 0 aromatic carbocycles. The Morgan fingerprint density at radius 2 is 2.22 bits per heavy atom. The van der Waals surface area contributed by atoms with E-state index in [1.54, 1.807) is 7.11 Å². The number of carbonyl (C=O) groups is 1. The van der Waals surface area contributed by atoms with E-state index < -0.39 is 0 Å². The van der Waals surface area contributed by atoms with Crippen LogP contribution >= 0.6 is 0 Å². The van der Waals surface area contributed by atoms with Crippen LogP contribution in [-0.2, 0) is 9.53 Å². The molecule has 3 nitrogen and oxygen atoms in total. The number of fused-ring (bicyclic) bond motifs is 3. The Kier molecular flexibility index (Phi) is 2.77. The molecular formula is C15H19NO2. The molecule has 2 aliphatic carbocycles. The van der Waals surface area contributed by atoms with Crippen molar-refractivity contribution in [2.45, 2.75) is 19.3 Å². The van der Waals surface area contributed by atoms with Gasteiger partial charge in [0.05, 0.1) is 12.9 Å². The van der Waals surface area contributed by atoms with Gasteiger partial charge in [0, 0.05) is 31.0 Å². The largest absolute Gasteiger partial charge is 0.501 e. The number of ether oxygens (including phenoxy) is 1. The van der Waals surface area contributed by atoms with Crippen molar-refractivity contribution in [3.63, 3.8) is 0 Å². The lowest BCUT2D eigenvalue weighted by Gasteiger charge is -2.43. The highest BCUT2D eigenvalue weighted by Crippen LogP contribution is 2.46. The van der Waals surface area contributed by atoms with Crippen LogP contribution in [0.5, 0.6) is 0 Å². The first-order valence-corrected chi connectivity index (χ1v) is 6.61. The van der Waals surface area contributed by atoms with Gasteiger partial charge in [-0.2, -0.15) is 0 Å².